The summed E-state index contributed by atoms with van der Waals surface area (Å²) in [5, 5.41) is 3.50. The molecule has 0 unspecified atom stereocenters. The summed E-state index contributed by atoms with van der Waals surface area (Å²) in [5.74, 6) is 0.205. The molecule has 5 rings (SSSR count). The Morgan fingerprint density at radius 2 is 1.52 bits per heavy atom. The Labute approximate surface area is 286 Å². The first-order valence-corrected chi connectivity index (χ1v) is 17.3. The van der Waals surface area contributed by atoms with E-state index < -0.39 is 22.0 Å². The van der Waals surface area contributed by atoms with Crippen molar-refractivity contribution in [3.63, 3.8) is 0 Å². The fourth-order valence-electron chi connectivity index (χ4n) is 5.30. The van der Waals surface area contributed by atoms with Crippen molar-refractivity contribution in [2.75, 3.05) is 40.0 Å². The molecular formula is C36H38ClN3O7S. The number of halogens is 1. The fraction of sp³-hybridized carbons (Fsp3) is 0.278. The maximum absolute atomic E-state index is 14.0. The number of rotatable bonds is 14. The van der Waals surface area contributed by atoms with E-state index in [9.17, 15) is 18.0 Å². The van der Waals surface area contributed by atoms with E-state index in [0.29, 0.717) is 29.7 Å². The number of nitrogens with zero attached hydrogens (tertiary/aromatic N) is 2. The van der Waals surface area contributed by atoms with Crippen LogP contribution >= 0.6 is 11.6 Å². The van der Waals surface area contributed by atoms with Crippen molar-refractivity contribution < 1.29 is 32.2 Å². The second-order valence-corrected chi connectivity index (χ2v) is 13.5. The Balaban J connectivity index is 1.37. The topological polar surface area (TPSA) is 114 Å². The summed E-state index contributed by atoms with van der Waals surface area (Å²) < 4.78 is 43.9. The summed E-state index contributed by atoms with van der Waals surface area (Å²) in [6.45, 7) is 1.20. The van der Waals surface area contributed by atoms with Gasteiger partial charge in [-0.25, -0.2) is 8.42 Å². The lowest BCUT2D eigenvalue weighted by Gasteiger charge is -2.31. The number of sulfonamides is 1. The minimum absolute atomic E-state index is 0.125. The maximum atomic E-state index is 14.0. The Kier molecular flexibility index (Phi) is 12.1. The van der Waals surface area contributed by atoms with Gasteiger partial charge in [-0.1, -0.05) is 72.3 Å². The zero-order valence-corrected chi connectivity index (χ0v) is 28.2. The van der Waals surface area contributed by atoms with Crippen molar-refractivity contribution in [3.8, 4) is 11.5 Å². The van der Waals surface area contributed by atoms with Gasteiger partial charge in [0.1, 0.15) is 17.5 Å². The standard InChI is InChI=1S/C36H38ClN3O7S/c1-45-30-13-11-28(12-14-30)25-40(34(23-27-7-3-2-4-8-27)36(42)38-24-29-9-5-6-10-33(29)37)35(41)26-47-31-15-17-32(18-16-31)48(43,44)39-19-21-46-22-20-39/h2-18,34H,19-26H2,1H3,(H,38,42)/t34-/m0/s1. The van der Waals surface area contributed by atoms with Crippen molar-refractivity contribution in [2.24, 2.45) is 0 Å². The summed E-state index contributed by atoms with van der Waals surface area (Å²) in [7, 11) is -2.11. The minimum atomic E-state index is -3.68. The molecule has 4 aromatic carbocycles. The van der Waals surface area contributed by atoms with Crippen LogP contribution in [0.1, 0.15) is 16.7 Å². The molecule has 0 aliphatic carbocycles. The molecule has 12 heteroatoms. The largest absolute Gasteiger partial charge is 0.497 e. The molecule has 48 heavy (non-hydrogen) atoms. The van der Waals surface area contributed by atoms with Gasteiger partial charge in [-0.2, -0.15) is 4.31 Å². The van der Waals surface area contributed by atoms with Gasteiger partial charge in [0, 0.05) is 37.6 Å². The Hall–Kier alpha value is -4.42. The van der Waals surface area contributed by atoms with Gasteiger partial charge in [-0.05, 0) is 59.2 Å². The number of morpholine rings is 1. The maximum Gasteiger partial charge on any atom is 0.261 e. The number of amides is 2. The second kappa shape index (κ2) is 16.6. The van der Waals surface area contributed by atoms with Crippen LogP contribution in [0.5, 0.6) is 11.5 Å². The van der Waals surface area contributed by atoms with Crippen molar-refractivity contribution in [1.82, 2.24) is 14.5 Å². The van der Waals surface area contributed by atoms with Crippen LogP contribution in [0.15, 0.2) is 108 Å². The number of hydrogen-bond donors (Lipinski definition) is 1. The summed E-state index contributed by atoms with van der Waals surface area (Å²) in [5.41, 5.74) is 2.42. The van der Waals surface area contributed by atoms with E-state index in [0.717, 1.165) is 16.7 Å². The zero-order valence-electron chi connectivity index (χ0n) is 26.6. The highest BCUT2D eigenvalue weighted by molar-refractivity contribution is 7.89. The Bertz CT molecular complexity index is 1770. The SMILES string of the molecule is COc1ccc(CN(C(=O)COc2ccc(S(=O)(=O)N3CCOCC3)cc2)[C@@H](Cc2ccccc2)C(=O)NCc2ccccc2Cl)cc1. The van der Waals surface area contributed by atoms with Gasteiger partial charge in [0.05, 0.1) is 25.2 Å². The van der Waals surface area contributed by atoms with Crippen LogP contribution in [0.3, 0.4) is 0 Å². The first-order chi connectivity index (χ1) is 23.2. The van der Waals surface area contributed by atoms with Crippen LogP contribution in [0, 0.1) is 0 Å². The molecule has 2 amide bonds. The Morgan fingerprint density at radius 3 is 2.19 bits per heavy atom. The lowest BCUT2D eigenvalue weighted by atomic mass is 10.0. The lowest BCUT2D eigenvalue weighted by Crippen LogP contribution is -2.51. The molecule has 0 spiro atoms. The number of benzene rings is 4. The molecule has 1 fully saturated rings. The number of ether oxygens (including phenoxy) is 3. The van der Waals surface area contributed by atoms with E-state index in [-0.39, 0.29) is 50.0 Å². The van der Waals surface area contributed by atoms with Gasteiger partial charge < -0.3 is 24.4 Å². The average Bonchev–Trinajstić information content (AvgIpc) is 3.12. The van der Waals surface area contributed by atoms with Crippen molar-refractivity contribution in [3.05, 3.63) is 125 Å². The third-order valence-corrected chi connectivity index (χ3v) is 10.3. The number of nitrogens with one attached hydrogen (secondary N) is 1. The normalized spacial score (nSPS) is 14.1. The van der Waals surface area contributed by atoms with Crippen LogP contribution in [-0.2, 0) is 43.9 Å². The zero-order chi connectivity index (χ0) is 33.9. The lowest BCUT2D eigenvalue weighted by molar-refractivity contribution is -0.142. The van der Waals surface area contributed by atoms with Gasteiger partial charge >= 0.3 is 0 Å². The first-order valence-electron chi connectivity index (χ1n) is 15.5. The van der Waals surface area contributed by atoms with Gasteiger partial charge in [-0.3, -0.25) is 9.59 Å². The van der Waals surface area contributed by atoms with Crippen LogP contribution in [0.4, 0.5) is 0 Å². The van der Waals surface area contributed by atoms with E-state index in [2.05, 4.69) is 5.32 Å². The molecule has 0 radical (unpaired) electrons. The third-order valence-electron chi connectivity index (χ3n) is 7.99. The molecule has 1 aliphatic rings. The predicted molar refractivity (Wildman–Crippen MR) is 182 cm³/mol. The van der Waals surface area contributed by atoms with Gasteiger partial charge in [-0.15, -0.1) is 0 Å². The molecule has 4 aromatic rings. The molecule has 1 N–H and O–H groups in total. The molecule has 252 valence electrons. The van der Waals surface area contributed by atoms with Crippen LogP contribution in [0.2, 0.25) is 5.02 Å². The van der Waals surface area contributed by atoms with E-state index in [4.69, 9.17) is 25.8 Å². The molecule has 0 aromatic heterocycles. The van der Waals surface area contributed by atoms with Crippen molar-refractivity contribution >= 4 is 33.4 Å². The number of methoxy groups -OCH3 is 1. The molecule has 1 aliphatic heterocycles. The molecule has 1 atom stereocenters. The number of carbonyl (C=O) groups excluding carboxylic acids is 2. The predicted octanol–water partition coefficient (Wildman–Crippen LogP) is 4.70. The number of hydrogen-bond acceptors (Lipinski definition) is 7. The third kappa shape index (κ3) is 9.13. The van der Waals surface area contributed by atoms with E-state index in [1.165, 1.54) is 33.5 Å². The highest BCUT2D eigenvalue weighted by Crippen LogP contribution is 2.22. The van der Waals surface area contributed by atoms with Gasteiger partial charge in [0.2, 0.25) is 15.9 Å². The molecule has 10 nitrogen and oxygen atoms in total. The summed E-state index contributed by atoms with van der Waals surface area (Å²) >= 11 is 6.35. The monoisotopic (exact) mass is 691 g/mol. The van der Waals surface area contributed by atoms with E-state index in [1.807, 2.05) is 60.7 Å². The second-order valence-electron chi connectivity index (χ2n) is 11.2. The highest BCUT2D eigenvalue weighted by atomic mass is 35.5. The number of carbonyl (C=O) groups is 2. The summed E-state index contributed by atoms with van der Waals surface area (Å²) in [6, 6.07) is 29.1. The quantitative estimate of drug-likeness (QED) is 0.204. The van der Waals surface area contributed by atoms with Crippen LogP contribution < -0.4 is 14.8 Å². The minimum Gasteiger partial charge on any atom is -0.497 e. The fourth-order valence-corrected chi connectivity index (χ4v) is 6.91. The highest BCUT2D eigenvalue weighted by Gasteiger charge is 2.31. The average molecular weight is 692 g/mol. The van der Waals surface area contributed by atoms with Gasteiger partial charge in [0.15, 0.2) is 6.61 Å². The van der Waals surface area contributed by atoms with E-state index >= 15 is 0 Å². The summed E-state index contributed by atoms with van der Waals surface area (Å²) in [4.78, 5) is 29.6. The smallest absolute Gasteiger partial charge is 0.261 e. The molecule has 1 saturated heterocycles. The molecular weight excluding hydrogens is 654 g/mol. The molecule has 0 bridgehead atoms. The van der Waals surface area contributed by atoms with Crippen LogP contribution in [-0.4, -0.2) is 75.5 Å². The van der Waals surface area contributed by atoms with Crippen molar-refractivity contribution in [2.45, 2.75) is 30.4 Å². The van der Waals surface area contributed by atoms with E-state index in [1.54, 1.807) is 25.3 Å². The molecule has 0 saturated carbocycles. The Morgan fingerprint density at radius 1 is 0.875 bits per heavy atom. The summed E-state index contributed by atoms with van der Waals surface area (Å²) in [6.07, 6.45) is 0.255. The van der Waals surface area contributed by atoms with Crippen LogP contribution in [0.25, 0.3) is 0 Å². The first kappa shape index (κ1) is 34.9. The molecule has 1 heterocycles. The van der Waals surface area contributed by atoms with Gasteiger partial charge in [0.25, 0.3) is 5.91 Å². The van der Waals surface area contributed by atoms with Crippen molar-refractivity contribution in [1.29, 1.82) is 0 Å².